The summed E-state index contributed by atoms with van der Waals surface area (Å²) in [5.41, 5.74) is 0. The van der Waals surface area contributed by atoms with Crippen LogP contribution in [-0.2, 0) is 9.47 Å². The molecule has 0 aromatic heterocycles. The van der Waals surface area contributed by atoms with Crippen LogP contribution in [0.4, 0.5) is 0 Å². The van der Waals surface area contributed by atoms with Gasteiger partial charge in [0.2, 0.25) is 0 Å². The van der Waals surface area contributed by atoms with Crippen LogP contribution in [0, 0.1) is 0 Å². The van der Waals surface area contributed by atoms with Gasteiger partial charge in [0, 0.05) is 13.2 Å². The Kier molecular flexibility index (Phi) is 3.67. The third kappa shape index (κ3) is 2.40. The molecule has 0 amide bonds. The second kappa shape index (κ2) is 4.37. The van der Waals surface area contributed by atoms with Crippen LogP contribution in [0.5, 0.6) is 0 Å². The van der Waals surface area contributed by atoms with Gasteiger partial charge in [-0.15, -0.1) is 0 Å². The fourth-order valence-corrected chi connectivity index (χ4v) is 1.74. The number of hydrogen-bond acceptors (Lipinski definition) is 4. The molecular weight excluding hydrogens is 170 g/mol. The zero-order valence-corrected chi connectivity index (χ0v) is 8.73. The average Bonchev–Trinajstić information content (AvgIpc) is 2.08. The number of aliphatic hydroxyl groups excluding tert-OH is 1. The van der Waals surface area contributed by atoms with Crippen LogP contribution in [0.1, 0.15) is 13.3 Å². The van der Waals surface area contributed by atoms with E-state index < -0.39 is 12.4 Å². The lowest BCUT2D eigenvalue weighted by molar-refractivity contribution is -0.242. The van der Waals surface area contributed by atoms with Crippen molar-refractivity contribution in [2.45, 2.75) is 37.9 Å². The molecule has 4 heteroatoms. The molecule has 1 heterocycles. The number of aliphatic hydroxyl groups is 1. The molecule has 13 heavy (non-hydrogen) atoms. The standard InChI is InChI=1S/C9H19NO3/c1-6-5-7(10(2)3)8(11)9(12-4)13-6/h6-9,11H,5H2,1-4H3/t6-,7+,8-,9+/m0/s1. The highest BCUT2D eigenvalue weighted by molar-refractivity contribution is 4.84. The van der Waals surface area contributed by atoms with Crippen LogP contribution >= 0.6 is 0 Å². The molecule has 4 atom stereocenters. The Balaban J connectivity index is 2.63. The van der Waals surface area contributed by atoms with Crippen molar-refractivity contribution in [3.63, 3.8) is 0 Å². The Morgan fingerprint density at radius 1 is 1.46 bits per heavy atom. The van der Waals surface area contributed by atoms with E-state index in [4.69, 9.17) is 9.47 Å². The summed E-state index contributed by atoms with van der Waals surface area (Å²) in [4.78, 5) is 2.01. The van der Waals surface area contributed by atoms with Gasteiger partial charge in [-0.1, -0.05) is 0 Å². The number of likely N-dealkylation sites (N-methyl/N-ethyl adjacent to an activating group) is 1. The quantitative estimate of drug-likeness (QED) is 0.667. The summed E-state index contributed by atoms with van der Waals surface area (Å²) in [5.74, 6) is 0. The van der Waals surface area contributed by atoms with E-state index in [1.165, 1.54) is 0 Å². The van der Waals surface area contributed by atoms with Crippen molar-refractivity contribution in [3.05, 3.63) is 0 Å². The molecule has 0 spiro atoms. The molecule has 1 aliphatic rings. The Morgan fingerprint density at radius 3 is 2.54 bits per heavy atom. The third-order valence-corrected chi connectivity index (χ3v) is 2.51. The van der Waals surface area contributed by atoms with Crippen molar-refractivity contribution in [3.8, 4) is 0 Å². The molecule has 0 bridgehead atoms. The molecule has 1 fully saturated rings. The zero-order chi connectivity index (χ0) is 10.0. The highest BCUT2D eigenvalue weighted by Crippen LogP contribution is 2.23. The van der Waals surface area contributed by atoms with E-state index in [0.29, 0.717) is 0 Å². The van der Waals surface area contributed by atoms with E-state index in [0.717, 1.165) is 6.42 Å². The van der Waals surface area contributed by atoms with Gasteiger partial charge < -0.3 is 19.5 Å². The van der Waals surface area contributed by atoms with E-state index in [2.05, 4.69) is 0 Å². The smallest absolute Gasteiger partial charge is 0.184 e. The average molecular weight is 189 g/mol. The fourth-order valence-electron chi connectivity index (χ4n) is 1.74. The normalized spacial score (nSPS) is 41.1. The van der Waals surface area contributed by atoms with E-state index in [1.807, 2.05) is 25.9 Å². The minimum absolute atomic E-state index is 0.119. The van der Waals surface area contributed by atoms with Gasteiger partial charge >= 0.3 is 0 Å². The van der Waals surface area contributed by atoms with Gasteiger partial charge in [-0.3, -0.25) is 0 Å². The van der Waals surface area contributed by atoms with Gasteiger partial charge in [0.05, 0.1) is 6.10 Å². The van der Waals surface area contributed by atoms with Crippen LogP contribution in [0.3, 0.4) is 0 Å². The predicted molar refractivity (Wildman–Crippen MR) is 49.4 cm³/mol. The first kappa shape index (κ1) is 10.9. The lowest BCUT2D eigenvalue weighted by atomic mass is 9.99. The molecule has 0 radical (unpaired) electrons. The van der Waals surface area contributed by atoms with Crippen LogP contribution in [0.25, 0.3) is 0 Å². The van der Waals surface area contributed by atoms with Crippen molar-refractivity contribution in [1.82, 2.24) is 4.90 Å². The van der Waals surface area contributed by atoms with E-state index in [-0.39, 0.29) is 12.1 Å². The predicted octanol–water partition coefficient (Wildman–Crippen LogP) is 0.0588. The molecule has 0 unspecified atom stereocenters. The molecule has 1 rings (SSSR count). The summed E-state index contributed by atoms with van der Waals surface area (Å²) >= 11 is 0. The van der Waals surface area contributed by atoms with Gasteiger partial charge in [0.25, 0.3) is 0 Å². The Hall–Kier alpha value is -0.160. The number of methoxy groups -OCH3 is 1. The van der Waals surface area contributed by atoms with E-state index in [9.17, 15) is 5.11 Å². The van der Waals surface area contributed by atoms with Crippen molar-refractivity contribution >= 4 is 0 Å². The van der Waals surface area contributed by atoms with Crippen LogP contribution in [0.15, 0.2) is 0 Å². The van der Waals surface area contributed by atoms with E-state index >= 15 is 0 Å². The largest absolute Gasteiger partial charge is 0.386 e. The Morgan fingerprint density at radius 2 is 2.08 bits per heavy atom. The van der Waals surface area contributed by atoms with Gasteiger partial charge in [-0.2, -0.15) is 0 Å². The highest BCUT2D eigenvalue weighted by Gasteiger charge is 2.37. The summed E-state index contributed by atoms with van der Waals surface area (Å²) < 4.78 is 10.5. The molecule has 1 saturated heterocycles. The van der Waals surface area contributed by atoms with Crippen LogP contribution in [-0.4, -0.2) is 55.8 Å². The molecule has 0 aliphatic carbocycles. The van der Waals surface area contributed by atoms with Crippen molar-refractivity contribution in [1.29, 1.82) is 0 Å². The number of ether oxygens (including phenoxy) is 2. The first-order valence-electron chi connectivity index (χ1n) is 4.59. The monoisotopic (exact) mass is 189 g/mol. The minimum Gasteiger partial charge on any atom is -0.386 e. The lowest BCUT2D eigenvalue weighted by Gasteiger charge is -2.40. The molecule has 1 aliphatic heterocycles. The minimum atomic E-state index is -0.559. The van der Waals surface area contributed by atoms with Gasteiger partial charge in [-0.25, -0.2) is 0 Å². The Bertz CT molecular complexity index is 163. The summed E-state index contributed by atoms with van der Waals surface area (Å²) in [6, 6.07) is 0.119. The SMILES string of the molecule is CO[C@@H]1O[C@@H](C)C[C@@H](N(C)C)[C@@H]1O. The van der Waals surface area contributed by atoms with Gasteiger partial charge in [-0.05, 0) is 27.4 Å². The van der Waals surface area contributed by atoms with Crippen LogP contribution in [0.2, 0.25) is 0 Å². The maximum Gasteiger partial charge on any atom is 0.184 e. The number of hydrogen-bond donors (Lipinski definition) is 1. The molecule has 4 nitrogen and oxygen atoms in total. The third-order valence-electron chi connectivity index (χ3n) is 2.51. The number of nitrogens with zero attached hydrogens (tertiary/aromatic N) is 1. The zero-order valence-electron chi connectivity index (χ0n) is 8.73. The fraction of sp³-hybridized carbons (Fsp3) is 1.00. The molecule has 0 aromatic carbocycles. The molecule has 78 valence electrons. The maximum absolute atomic E-state index is 9.83. The maximum atomic E-state index is 9.83. The first-order chi connectivity index (χ1) is 6.06. The van der Waals surface area contributed by atoms with Crippen molar-refractivity contribution in [2.75, 3.05) is 21.2 Å². The summed E-state index contributed by atoms with van der Waals surface area (Å²) in [7, 11) is 5.47. The Labute approximate surface area is 79.4 Å². The van der Waals surface area contributed by atoms with E-state index in [1.54, 1.807) is 7.11 Å². The first-order valence-corrected chi connectivity index (χ1v) is 4.59. The molecular formula is C9H19NO3. The second-order valence-electron chi connectivity index (χ2n) is 3.81. The summed E-state index contributed by atoms with van der Waals surface area (Å²) in [5, 5.41) is 9.83. The van der Waals surface area contributed by atoms with Gasteiger partial charge in [0.1, 0.15) is 6.10 Å². The second-order valence-corrected chi connectivity index (χ2v) is 3.81. The lowest BCUT2D eigenvalue weighted by Crippen LogP contribution is -2.53. The number of rotatable bonds is 2. The van der Waals surface area contributed by atoms with Crippen molar-refractivity contribution in [2.24, 2.45) is 0 Å². The topological polar surface area (TPSA) is 41.9 Å². The molecule has 0 aromatic rings. The summed E-state index contributed by atoms with van der Waals surface area (Å²) in [6.45, 7) is 1.99. The van der Waals surface area contributed by atoms with Gasteiger partial charge in [0.15, 0.2) is 6.29 Å². The molecule has 1 N–H and O–H groups in total. The summed E-state index contributed by atoms with van der Waals surface area (Å²) in [6.07, 6.45) is -0.0679. The molecule has 0 saturated carbocycles. The van der Waals surface area contributed by atoms with Crippen LogP contribution < -0.4 is 0 Å². The highest BCUT2D eigenvalue weighted by atomic mass is 16.7. The van der Waals surface area contributed by atoms with Crippen molar-refractivity contribution < 1.29 is 14.6 Å².